The van der Waals surface area contributed by atoms with E-state index in [1.54, 1.807) is 25.4 Å². The molecule has 2 aromatic heterocycles. The second kappa shape index (κ2) is 14.1. The first-order chi connectivity index (χ1) is 19.3. The molecule has 0 saturated carbocycles. The maximum absolute atomic E-state index is 14.0. The molecule has 1 fully saturated rings. The van der Waals surface area contributed by atoms with Crippen LogP contribution in [0.4, 0.5) is 10.2 Å². The number of likely N-dealkylation sites (tertiary alicyclic amines) is 1. The zero-order valence-electron chi connectivity index (χ0n) is 22.6. The molecule has 0 spiro atoms. The van der Waals surface area contributed by atoms with E-state index in [-0.39, 0.29) is 29.4 Å². The summed E-state index contributed by atoms with van der Waals surface area (Å²) in [5, 5.41) is 4.76. The molecule has 1 aromatic carbocycles. The zero-order chi connectivity index (χ0) is 28.6. The second-order valence-electron chi connectivity index (χ2n) is 9.61. The predicted molar refractivity (Wildman–Crippen MR) is 152 cm³/mol. The lowest BCUT2D eigenvalue weighted by atomic mass is 10.1. The Morgan fingerprint density at radius 1 is 1.15 bits per heavy atom. The molecule has 2 N–H and O–H groups in total. The van der Waals surface area contributed by atoms with Gasteiger partial charge < -0.3 is 24.8 Å². The van der Waals surface area contributed by atoms with Crippen molar-refractivity contribution in [3.05, 3.63) is 58.2 Å². The van der Waals surface area contributed by atoms with Crippen LogP contribution in [0.2, 0.25) is 10.0 Å². The number of halogens is 3. The third-order valence-electron chi connectivity index (χ3n) is 6.74. The molecule has 1 aliphatic heterocycles. The van der Waals surface area contributed by atoms with Gasteiger partial charge in [-0.2, -0.15) is 5.10 Å². The maximum atomic E-state index is 14.0. The standard InChI is InChI=1S/C28H34Cl2FN5O4/c1-3-10-38-11-12-39-17-25(37)35-8-6-21(7-9-35)36-16-20(15-34-36)19-13-24(28(32)33-14-19)40-18(2)26-22(29)4-5-23(31)27(26)30/h4-5,13-16,18,21H,3,6-12,17H2,1-2H3,(H2,32,33)/t18-/m1/s1. The second-order valence-corrected chi connectivity index (χ2v) is 10.4. The molecule has 40 heavy (non-hydrogen) atoms. The van der Waals surface area contributed by atoms with E-state index in [9.17, 15) is 9.18 Å². The Bertz CT molecular complexity index is 1300. The van der Waals surface area contributed by atoms with Gasteiger partial charge >= 0.3 is 0 Å². The number of piperidine rings is 1. The number of hydrogen-bond acceptors (Lipinski definition) is 7. The van der Waals surface area contributed by atoms with Gasteiger partial charge in [0, 0.05) is 53.8 Å². The van der Waals surface area contributed by atoms with E-state index in [0.717, 1.165) is 30.4 Å². The van der Waals surface area contributed by atoms with Crippen molar-refractivity contribution in [1.29, 1.82) is 0 Å². The summed E-state index contributed by atoms with van der Waals surface area (Å²) < 4.78 is 32.8. The Kier molecular flexibility index (Phi) is 10.6. The van der Waals surface area contributed by atoms with Gasteiger partial charge in [-0.05, 0) is 44.4 Å². The molecule has 216 valence electrons. The summed E-state index contributed by atoms with van der Waals surface area (Å²) in [5.41, 5.74) is 8.00. The van der Waals surface area contributed by atoms with Crippen molar-refractivity contribution in [1.82, 2.24) is 19.7 Å². The van der Waals surface area contributed by atoms with Gasteiger partial charge in [-0.3, -0.25) is 9.48 Å². The minimum atomic E-state index is -0.676. The Labute approximate surface area is 243 Å². The van der Waals surface area contributed by atoms with Crippen molar-refractivity contribution in [2.24, 2.45) is 0 Å². The topological polar surface area (TPSA) is 105 Å². The van der Waals surface area contributed by atoms with Gasteiger partial charge in [0.25, 0.3) is 0 Å². The monoisotopic (exact) mass is 593 g/mol. The number of amides is 1. The number of ether oxygens (including phenoxy) is 3. The van der Waals surface area contributed by atoms with Gasteiger partial charge in [-0.25, -0.2) is 9.37 Å². The first kappa shape index (κ1) is 30.0. The summed E-state index contributed by atoms with van der Waals surface area (Å²) in [6.07, 6.45) is 7.20. The molecule has 0 radical (unpaired) electrons. The summed E-state index contributed by atoms with van der Waals surface area (Å²) in [7, 11) is 0. The van der Waals surface area contributed by atoms with E-state index < -0.39 is 11.9 Å². The lowest BCUT2D eigenvalue weighted by molar-refractivity contribution is -0.138. The fraction of sp³-hybridized carbons (Fsp3) is 0.464. The van der Waals surface area contributed by atoms with Crippen molar-refractivity contribution in [2.75, 3.05) is 45.3 Å². The van der Waals surface area contributed by atoms with E-state index >= 15 is 0 Å². The Balaban J connectivity index is 1.34. The first-order valence-electron chi connectivity index (χ1n) is 13.3. The molecule has 3 aromatic rings. The lowest BCUT2D eigenvalue weighted by Gasteiger charge is -2.32. The Hall–Kier alpha value is -2.92. The number of nitrogens with zero attached hydrogens (tertiary/aromatic N) is 4. The van der Waals surface area contributed by atoms with E-state index in [1.807, 2.05) is 22.7 Å². The van der Waals surface area contributed by atoms with Gasteiger partial charge in [-0.15, -0.1) is 0 Å². The molecule has 0 bridgehead atoms. The summed E-state index contributed by atoms with van der Waals surface area (Å²) in [6, 6.07) is 4.56. The number of anilines is 1. The highest BCUT2D eigenvalue weighted by atomic mass is 35.5. The third kappa shape index (κ3) is 7.42. The van der Waals surface area contributed by atoms with E-state index in [0.29, 0.717) is 49.2 Å². The van der Waals surface area contributed by atoms with Crippen molar-refractivity contribution in [2.45, 2.75) is 45.3 Å². The minimum absolute atomic E-state index is 0.00869. The molecule has 4 rings (SSSR count). The van der Waals surface area contributed by atoms with Gasteiger partial charge in [-0.1, -0.05) is 30.1 Å². The van der Waals surface area contributed by atoms with Crippen LogP contribution in [-0.4, -0.2) is 65.1 Å². The molecular weight excluding hydrogens is 560 g/mol. The van der Waals surface area contributed by atoms with Crippen molar-refractivity contribution in [3.8, 4) is 16.9 Å². The summed E-state index contributed by atoms with van der Waals surface area (Å²) in [5.74, 6) is -0.0907. The van der Waals surface area contributed by atoms with Crippen LogP contribution < -0.4 is 10.5 Å². The normalized spacial score (nSPS) is 14.9. The van der Waals surface area contributed by atoms with Gasteiger partial charge in [0.1, 0.15) is 18.5 Å². The van der Waals surface area contributed by atoms with Crippen LogP contribution in [-0.2, 0) is 14.3 Å². The number of benzene rings is 1. The smallest absolute Gasteiger partial charge is 0.248 e. The van der Waals surface area contributed by atoms with Crippen LogP contribution in [0.5, 0.6) is 5.75 Å². The number of hydrogen-bond donors (Lipinski definition) is 1. The largest absolute Gasteiger partial charge is 0.482 e. The van der Waals surface area contributed by atoms with Crippen LogP contribution in [0.25, 0.3) is 11.1 Å². The van der Waals surface area contributed by atoms with Crippen molar-refractivity contribution < 1.29 is 23.4 Å². The number of carbonyl (C=O) groups is 1. The molecule has 9 nitrogen and oxygen atoms in total. The molecule has 12 heteroatoms. The van der Waals surface area contributed by atoms with Crippen LogP contribution in [0.15, 0.2) is 36.8 Å². The average molecular weight is 595 g/mol. The fourth-order valence-electron chi connectivity index (χ4n) is 4.55. The zero-order valence-corrected chi connectivity index (χ0v) is 24.1. The SMILES string of the molecule is CCCOCCOCC(=O)N1CCC(n2cc(-c3cnc(N)c(O[C@H](C)c4c(Cl)ccc(F)c4Cl)c3)cn2)CC1. The van der Waals surface area contributed by atoms with Crippen LogP contribution in [0.3, 0.4) is 0 Å². The van der Waals surface area contributed by atoms with Gasteiger partial charge in [0.2, 0.25) is 5.91 Å². The van der Waals surface area contributed by atoms with Crippen molar-refractivity contribution >= 4 is 34.9 Å². The number of rotatable bonds is 12. The quantitative estimate of drug-likeness (QED) is 0.211. The summed E-state index contributed by atoms with van der Waals surface area (Å²) in [4.78, 5) is 18.6. The van der Waals surface area contributed by atoms with E-state index in [4.69, 9.17) is 43.1 Å². The highest BCUT2D eigenvalue weighted by Gasteiger charge is 2.25. The van der Waals surface area contributed by atoms with E-state index in [2.05, 4.69) is 10.1 Å². The molecule has 0 aliphatic carbocycles. The van der Waals surface area contributed by atoms with Crippen LogP contribution in [0.1, 0.15) is 50.8 Å². The molecule has 1 amide bonds. The Morgan fingerprint density at radius 3 is 2.65 bits per heavy atom. The third-order valence-corrected chi connectivity index (χ3v) is 7.46. The maximum Gasteiger partial charge on any atom is 0.248 e. The van der Waals surface area contributed by atoms with E-state index in [1.165, 1.54) is 12.1 Å². The summed E-state index contributed by atoms with van der Waals surface area (Å²) in [6.45, 7) is 6.71. The number of aromatic nitrogens is 3. The predicted octanol–water partition coefficient (Wildman–Crippen LogP) is 5.72. The number of nitrogen functional groups attached to an aromatic ring is 1. The first-order valence-corrected chi connectivity index (χ1v) is 14.1. The highest BCUT2D eigenvalue weighted by molar-refractivity contribution is 6.36. The minimum Gasteiger partial charge on any atom is -0.482 e. The van der Waals surface area contributed by atoms with Gasteiger partial charge in [0.15, 0.2) is 11.6 Å². The highest BCUT2D eigenvalue weighted by Crippen LogP contribution is 2.37. The van der Waals surface area contributed by atoms with Crippen LogP contribution >= 0.6 is 23.2 Å². The number of carbonyl (C=O) groups excluding carboxylic acids is 1. The molecule has 1 atom stereocenters. The molecule has 1 saturated heterocycles. The summed E-state index contributed by atoms with van der Waals surface area (Å²) >= 11 is 12.4. The van der Waals surface area contributed by atoms with Crippen LogP contribution in [0, 0.1) is 5.82 Å². The molecule has 1 aliphatic rings. The van der Waals surface area contributed by atoms with Gasteiger partial charge in [0.05, 0.1) is 30.5 Å². The molecule has 3 heterocycles. The fourth-order valence-corrected chi connectivity index (χ4v) is 5.23. The Morgan fingerprint density at radius 2 is 1.90 bits per heavy atom. The van der Waals surface area contributed by atoms with Crippen molar-refractivity contribution in [3.63, 3.8) is 0 Å². The number of pyridine rings is 1. The molecule has 0 unspecified atom stereocenters. The average Bonchev–Trinajstić information content (AvgIpc) is 3.44. The number of nitrogens with two attached hydrogens (primary N) is 1. The lowest BCUT2D eigenvalue weighted by Crippen LogP contribution is -2.41. The molecular formula is C28H34Cl2FN5O4.